The molecular formula is C22H39NO2. The summed E-state index contributed by atoms with van der Waals surface area (Å²) < 4.78 is 11.9. The Morgan fingerprint density at radius 2 is 1.32 bits per heavy atom. The molecule has 0 amide bonds. The van der Waals surface area contributed by atoms with Gasteiger partial charge in [-0.25, -0.2) is 6.57 Å². The number of hydrogen-bond acceptors (Lipinski definition) is 2. The summed E-state index contributed by atoms with van der Waals surface area (Å²) in [7, 11) is 0. The highest BCUT2D eigenvalue weighted by atomic mass is 16.7. The first-order valence-corrected chi connectivity index (χ1v) is 10.2. The minimum absolute atomic E-state index is 0.0944. The van der Waals surface area contributed by atoms with E-state index < -0.39 is 0 Å². The van der Waals surface area contributed by atoms with E-state index in [2.05, 4.69) is 43.0 Å². The van der Waals surface area contributed by atoms with E-state index in [1.54, 1.807) is 0 Å². The molecule has 0 aliphatic heterocycles. The molecule has 0 atom stereocenters. The van der Waals surface area contributed by atoms with Gasteiger partial charge in [0.05, 0.1) is 0 Å². The lowest BCUT2D eigenvalue weighted by atomic mass is 10.2. The van der Waals surface area contributed by atoms with Crippen LogP contribution in [0.3, 0.4) is 0 Å². The fourth-order valence-corrected chi connectivity index (χ4v) is 2.44. The molecule has 0 spiro atoms. The first kappa shape index (κ1) is 23.9. The number of nitrogens with zero attached hydrogens (tertiary/aromatic N) is 1. The molecule has 0 heterocycles. The first-order valence-electron chi connectivity index (χ1n) is 10.2. The fraction of sp³-hybridized carbons (Fsp3) is 0.773. The van der Waals surface area contributed by atoms with Crippen molar-refractivity contribution in [1.29, 1.82) is 0 Å². The monoisotopic (exact) mass is 349 g/mol. The third-order valence-electron chi connectivity index (χ3n) is 3.90. The zero-order valence-electron chi connectivity index (χ0n) is 16.5. The van der Waals surface area contributed by atoms with Crippen molar-refractivity contribution in [1.82, 2.24) is 0 Å². The zero-order chi connectivity index (χ0) is 18.4. The third-order valence-corrected chi connectivity index (χ3v) is 3.90. The van der Waals surface area contributed by atoms with Crippen LogP contribution in [0.4, 0.5) is 0 Å². The molecule has 0 unspecified atom stereocenters. The lowest BCUT2D eigenvalue weighted by molar-refractivity contribution is -0.147. The zero-order valence-corrected chi connectivity index (χ0v) is 16.5. The lowest BCUT2D eigenvalue weighted by Crippen LogP contribution is -2.19. The van der Waals surface area contributed by atoms with Crippen molar-refractivity contribution in [3.05, 3.63) is 35.7 Å². The van der Waals surface area contributed by atoms with Crippen LogP contribution in [-0.4, -0.2) is 26.0 Å². The molecular weight excluding hydrogens is 310 g/mol. The predicted molar refractivity (Wildman–Crippen MR) is 108 cm³/mol. The molecule has 0 bridgehead atoms. The van der Waals surface area contributed by atoms with Gasteiger partial charge in [0.15, 0.2) is 6.29 Å². The van der Waals surface area contributed by atoms with Crippen LogP contribution in [0.2, 0.25) is 0 Å². The number of rotatable bonds is 18. The number of hydrogen-bond donors (Lipinski definition) is 0. The molecule has 0 aromatic carbocycles. The lowest BCUT2D eigenvalue weighted by Gasteiger charge is -2.18. The Morgan fingerprint density at radius 1 is 0.760 bits per heavy atom. The van der Waals surface area contributed by atoms with Gasteiger partial charge in [-0.1, -0.05) is 38.2 Å². The molecule has 0 rings (SSSR count). The summed E-state index contributed by atoms with van der Waals surface area (Å²) >= 11 is 0. The van der Waals surface area contributed by atoms with Gasteiger partial charge in [-0.05, 0) is 64.2 Å². The number of allylic oxidation sites excluding steroid dienone is 4. The Bertz CT molecular complexity index is 334. The molecule has 25 heavy (non-hydrogen) atoms. The molecule has 0 fully saturated rings. The maximum atomic E-state index is 6.85. The van der Waals surface area contributed by atoms with Crippen molar-refractivity contribution in [2.75, 3.05) is 19.8 Å². The van der Waals surface area contributed by atoms with Crippen molar-refractivity contribution in [2.24, 2.45) is 0 Å². The van der Waals surface area contributed by atoms with Crippen LogP contribution >= 0.6 is 0 Å². The van der Waals surface area contributed by atoms with Crippen molar-refractivity contribution < 1.29 is 9.47 Å². The average Bonchev–Trinajstić information content (AvgIpc) is 2.63. The Labute approximate surface area is 156 Å². The van der Waals surface area contributed by atoms with Gasteiger partial charge in [-0.3, -0.25) is 0 Å². The molecule has 0 aromatic rings. The molecule has 0 radical (unpaired) electrons. The average molecular weight is 350 g/mol. The second-order valence-corrected chi connectivity index (χ2v) is 6.30. The highest BCUT2D eigenvalue weighted by Gasteiger charge is 2.09. The van der Waals surface area contributed by atoms with Crippen LogP contribution in [0.5, 0.6) is 0 Å². The molecule has 0 aliphatic rings. The van der Waals surface area contributed by atoms with Crippen molar-refractivity contribution in [3.63, 3.8) is 0 Å². The Morgan fingerprint density at radius 3 is 1.80 bits per heavy atom. The summed E-state index contributed by atoms with van der Waals surface area (Å²) in [4.78, 5) is 3.41. The maximum absolute atomic E-state index is 6.85. The second-order valence-electron chi connectivity index (χ2n) is 6.30. The van der Waals surface area contributed by atoms with Gasteiger partial charge in [0, 0.05) is 19.6 Å². The summed E-state index contributed by atoms with van der Waals surface area (Å²) in [6.45, 7) is 13.3. The first-order chi connectivity index (χ1) is 12.3. The van der Waals surface area contributed by atoms with Gasteiger partial charge in [0.1, 0.15) is 0 Å². The minimum atomic E-state index is -0.0944. The van der Waals surface area contributed by atoms with Crippen molar-refractivity contribution >= 4 is 0 Å². The smallest absolute Gasteiger partial charge is 0.214 e. The van der Waals surface area contributed by atoms with Gasteiger partial charge in [0.2, 0.25) is 6.54 Å². The highest BCUT2D eigenvalue weighted by molar-refractivity contribution is 4.80. The summed E-state index contributed by atoms with van der Waals surface area (Å²) in [5.41, 5.74) is 0. The van der Waals surface area contributed by atoms with Gasteiger partial charge in [-0.2, -0.15) is 0 Å². The predicted octanol–water partition coefficient (Wildman–Crippen LogP) is 6.71. The number of unbranched alkanes of at least 4 members (excludes halogenated alkanes) is 5. The van der Waals surface area contributed by atoms with E-state index in [9.17, 15) is 0 Å². The molecule has 0 N–H and O–H groups in total. The van der Waals surface area contributed by atoms with Gasteiger partial charge in [0.25, 0.3) is 0 Å². The van der Waals surface area contributed by atoms with E-state index in [0.29, 0.717) is 6.54 Å². The summed E-state index contributed by atoms with van der Waals surface area (Å²) in [6.07, 6.45) is 20.7. The molecule has 3 nitrogen and oxygen atoms in total. The van der Waals surface area contributed by atoms with Crippen LogP contribution in [0.15, 0.2) is 24.3 Å². The van der Waals surface area contributed by atoms with Gasteiger partial charge in [-0.15, -0.1) is 0 Å². The van der Waals surface area contributed by atoms with Crippen LogP contribution in [0.25, 0.3) is 4.85 Å². The summed E-state index contributed by atoms with van der Waals surface area (Å²) in [5, 5.41) is 0. The Kier molecular flexibility index (Phi) is 20.0. The summed E-state index contributed by atoms with van der Waals surface area (Å²) in [5.74, 6) is 0. The topological polar surface area (TPSA) is 22.8 Å². The normalized spacial score (nSPS) is 11.8. The molecule has 3 heteroatoms. The molecule has 0 aromatic heterocycles. The van der Waals surface area contributed by atoms with E-state index in [-0.39, 0.29) is 6.29 Å². The standard InChI is InChI=1S/C22H39NO2/c1-4-6-8-10-12-16-20-24-22(18-14-15-19-23-3)25-21-17-13-11-9-7-5-2/h6-9,22H,4-5,10-21H2,1-2H3/b8-6-,9-7-. The van der Waals surface area contributed by atoms with Crippen LogP contribution in [0, 0.1) is 6.57 Å². The fourth-order valence-electron chi connectivity index (χ4n) is 2.44. The maximum Gasteiger partial charge on any atom is 0.214 e. The van der Waals surface area contributed by atoms with Crippen LogP contribution in [-0.2, 0) is 9.47 Å². The van der Waals surface area contributed by atoms with E-state index in [0.717, 1.165) is 71.0 Å². The minimum Gasteiger partial charge on any atom is -0.353 e. The molecule has 0 saturated heterocycles. The Balaban J connectivity index is 3.83. The van der Waals surface area contributed by atoms with E-state index in [1.807, 2.05) is 0 Å². The number of ether oxygens (including phenoxy) is 2. The van der Waals surface area contributed by atoms with Crippen molar-refractivity contribution in [3.8, 4) is 0 Å². The van der Waals surface area contributed by atoms with Gasteiger partial charge >= 0.3 is 0 Å². The van der Waals surface area contributed by atoms with Crippen LogP contribution < -0.4 is 0 Å². The highest BCUT2D eigenvalue weighted by Crippen LogP contribution is 2.10. The molecule has 0 aliphatic carbocycles. The Hall–Kier alpha value is -1.11. The summed E-state index contributed by atoms with van der Waals surface area (Å²) in [6, 6.07) is 0. The quantitative estimate of drug-likeness (QED) is 0.119. The molecule has 0 saturated carbocycles. The molecule has 144 valence electrons. The SMILES string of the molecule is [C-]#[N+]CCCCC(OCCCC/C=C\CC)OCCCC/C=C\CC. The van der Waals surface area contributed by atoms with E-state index in [1.165, 1.54) is 12.8 Å². The van der Waals surface area contributed by atoms with Crippen LogP contribution in [0.1, 0.15) is 84.5 Å². The largest absolute Gasteiger partial charge is 0.353 e. The van der Waals surface area contributed by atoms with E-state index >= 15 is 0 Å². The second kappa shape index (κ2) is 20.9. The van der Waals surface area contributed by atoms with E-state index in [4.69, 9.17) is 16.0 Å². The van der Waals surface area contributed by atoms with Crippen molar-refractivity contribution in [2.45, 2.75) is 90.8 Å². The van der Waals surface area contributed by atoms with Gasteiger partial charge < -0.3 is 14.3 Å². The third kappa shape index (κ3) is 19.1.